The molecule has 0 N–H and O–H groups in total. The van der Waals surface area contributed by atoms with E-state index in [0.717, 1.165) is 12.0 Å². The first-order valence-corrected chi connectivity index (χ1v) is 8.46. The fourth-order valence-corrected chi connectivity index (χ4v) is 3.58. The van der Waals surface area contributed by atoms with Crippen LogP contribution in [0.5, 0.6) is 0 Å². The summed E-state index contributed by atoms with van der Waals surface area (Å²) in [5, 5.41) is 4.40. The molecular formula is C20H20N4O. The van der Waals surface area contributed by atoms with Crippen LogP contribution in [0, 0.1) is 6.92 Å². The Bertz CT molecular complexity index is 886. The monoisotopic (exact) mass is 332 g/mol. The van der Waals surface area contributed by atoms with Crippen molar-refractivity contribution in [2.45, 2.75) is 32.4 Å². The van der Waals surface area contributed by atoms with Crippen molar-refractivity contribution in [3.63, 3.8) is 0 Å². The summed E-state index contributed by atoms with van der Waals surface area (Å²) in [4.78, 5) is 18.5. The highest BCUT2D eigenvalue weighted by molar-refractivity contribution is 5.90. The van der Waals surface area contributed by atoms with Gasteiger partial charge in [-0.1, -0.05) is 60.2 Å². The number of hydrogen-bond donors (Lipinski definition) is 0. The molecule has 2 atom stereocenters. The molecule has 0 saturated carbocycles. The van der Waals surface area contributed by atoms with Gasteiger partial charge in [0.05, 0.1) is 12.1 Å². The van der Waals surface area contributed by atoms with E-state index in [0.29, 0.717) is 5.95 Å². The van der Waals surface area contributed by atoms with E-state index in [9.17, 15) is 4.79 Å². The zero-order valence-electron chi connectivity index (χ0n) is 14.3. The Morgan fingerprint density at radius 2 is 1.68 bits per heavy atom. The summed E-state index contributed by atoms with van der Waals surface area (Å²) in [6.07, 6.45) is 2.29. The SMILES string of the molecule is CC(=O)N1c2ncnn2[C@H](c2ccccc2)C[C@@H]1c1ccc(C)cc1. The number of amides is 1. The molecule has 4 rings (SSSR count). The molecular weight excluding hydrogens is 312 g/mol. The van der Waals surface area contributed by atoms with Gasteiger partial charge in [-0.2, -0.15) is 10.1 Å². The van der Waals surface area contributed by atoms with Crippen LogP contribution in [-0.4, -0.2) is 20.7 Å². The standard InChI is InChI=1S/C20H20N4O/c1-14-8-10-17(11-9-14)18-12-19(16-6-4-3-5-7-16)24-20(21-13-22-24)23(18)15(2)25/h3-11,13,18-19H,12H2,1-2H3/t18-,19+/m1/s1. The lowest BCUT2D eigenvalue weighted by atomic mass is 9.91. The maximum Gasteiger partial charge on any atom is 0.231 e. The Morgan fingerprint density at radius 1 is 1.00 bits per heavy atom. The Labute approximate surface area is 146 Å². The normalized spacial score (nSPS) is 19.5. The minimum absolute atomic E-state index is 0.0219. The summed E-state index contributed by atoms with van der Waals surface area (Å²) in [6.45, 7) is 3.65. The quantitative estimate of drug-likeness (QED) is 0.719. The van der Waals surface area contributed by atoms with Crippen LogP contribution in [0.1, 0.15) is 42.1 Å². The third kappa shape index (κ3) is 2.71. The summed E-state index contributed by atoms with van der Waals surface area (Å²) in [5.41, 5.74) is 3.50. The van der Waals surface area contributed by atoms with Gasteiger partial charge >= 0.3 is 0 Å². The third-order valence-electron chi connectivity index (χ3n) is 4.81. The molecule has 0 bridgehead atoms. The molecule has 1 aliphatic rings. The highest BCUT2D eigenvalue weighted by Crippen LogP contribution is 2.41. The van der Waals surface area contributed by atoms with E-state index in [-0.39, 0.29) is 18.0 Å². The second kappa shape index (κ2) is 6.16. The molecule has 3 aromatic rings. The molecule has 5 nitrogen and oxygen atoms in total. The fraction of sp³-hybridized carbons (Fsp3) is 0.250. The molecule has 0 aliphatic carbocycles. The minimum Gasteiger partial charge on any atom is -0.275 e. The fourth-order valence-electron chi connectivity index (χ4n) is 3.58. The lowest BCUT2D eigenvalue weighted by Gasteiger charge is -2.38. The van der Waals surface area contributed by atoms with Crippen molar-refractivity contribution in [2.75, 3.05) is 4.90 Å². The van der Waals surface area contributed by atoms with Gasteiger partial charge in [0.2, 0.25) is 11.9 Å². The highest BCUT2D eigenvalue weighted by atomic mass is 16.2. The number of hydrogen-bond acceptors (Lipinski definition) is 3. The van der Waals surface area contributed by atoms with Crippen LogP contribution in [0.25, 0.3) is 0 Å². The third-order valence-corrected chi connectivity index (χ3v) is 4.81. The first kappa shape index (κ1) is 15.6. The average molecular weight is 332 g/mol. The average Bonchev–Trinajstić information content (AvgIpc) is 3.11. The molecule has 2 aromatic carbocycles. The zero-order chi connectivity index (χ0) is 17.4. The molecule has 2 heterocycles. The number of aromatic nitrogens is 3. The van der Waals surface area contributed by atoms with Crippen LogP contribution in [0.2, 0.25) is 0 Å². The predicted octanol–water partition coefficient (Wildman–Crippen LogP) is 3.67. The van der Waals surface area contributed by atoms with Crippen molar-refractivity contribution in [2.24, 2.45) is 0 Å². The first-order valence-electron chi connectivity index (χ1n) is 8.46. The summed E-state index contributed by atoms with van der Waals surface area (Å²) >= 11 is 0. The van der Waals surface area contributed by atoms with Crippen molar-refractivity contribution < 1.29 is 4.79 Å². The van der Waals surface area contributed by atoms with Crippen LogP contribution in [0.15, 0.2) is 60.9 Å². The Hall–Kier alpha value is -2.95. The number of benzene rings is 2. The number of carbonyl (C=O) groups excluding carboxylic acids is 1. The van der Waals surface area contributed by atoms with E-state index in [1.807, 2.05) is 22.9 Å². The van der Waals surface area contributed by atoms with Gasteiger partial charge < -0.3 is 0 Å². The minimum atomic E-state index is -0.0555. The van der Waals surface area contributed by atoms with Crippen LogP contribution in [0.4, 0.5) is 5.95 Å². The summed E-state index contributed by atoms with van der Waals surface area (Å²) < 4.78 is 1.86. The molecule has 1 amide bonds. The maximum absolute atomic E-state index is 12.4. The van der Waals surface area contributed by atoms with Gasteiger partial charge in [0.1, 0.15) is 6.33 Å². The zero-order valence-corrected chi connectivity index (χ0v) is 14.3. The number of fused-ring (bicyclic) bond motifs is 1. The van der Waals surface area contributed by atoms with E-state index in [1.54, 1.807) is 11.8 Å². The molecule has 0 unspecified atom stereocenters. The highest BCUT2D eigenvalue weighted by Gasteiger charge is 2.37. The molecule has 5 heteroatoms. The molecule has 0 radical (unpaired) electrons. The van der Waals surface area contributed by atoms with Gasteiger partial charge in [-0.3, -0.25) is 9.69 Å². The molecule has 126 valence electrons. The lowest BCUT2D eigenvalue weighted by molar-refractivity contribution is -0.117. The second-order valence-corrected chi connectivity index (χ2v) is 6.48. The van der Waals surface area contributed by atoms with Gasteiger partial charge in [-0.05, 0) is 24.5 Å². The molecule has 0 fully saturated rings. The van der Waals surface area contributed by atoms with E-state index in [4.69, 9.17) is 0 Å². The summed E-state index contributed by atoms with van der Waals surface area (Å²) in [7, 11) is 0. The Balaban J connectivity index is 1.84. The van der Waals surface area contributed by atoms with Crippen LogP contribution >= 0.6 is 0 Å². The molecule has 1 aliphatic heterocycles. The topological polar surface area (TPSA) is 51.0 Å². The predicted molar refractivity (Wildman–Crippen MR) is 96.3 cm³/mol. The van der Waals surface area contributed by atoms with E-state index < -0.39 is 0 Å². The molecule has 0 saturated heterocycles. The molecule has 25 heavy (non-hydrogen) atoms. The van der Waals surface area contributed by atoms with Gasteiger partial charge in [0.15, 0.2) is 0 Å². The van der Waals surface area contributed by atoms with Gasteiger partial charge in [0, 0.05) is 6.92 Å². The van der Waals surface area contributed by atoms with Crippen molar-refractivity contribution in [3.05, 3.63) is 77.6 Å². The first-order chi connectivity index (χ1) is 12.1. The lowest BCUT2D eigenvalue weighted by Crippen LogP contribution is -2.41. The number of aryl methyl sites for hydroxylation is 1. The van der Waals surface area contributed by atoms with Crippen molar-refractivity contribution >= 4 is 11.9 Å². The van der Waals surface area contributed by atoms with Crippen molar-refractivity contribution in [1.82, 2.24) is 14.8 Å². The summed E-state index contributed by atoms with van der Waals surface area (Å²) in [5.74, 6) is 0.588. The van der Waals surface area contributed by atoms with Gasteiger partial charge in [-0.15, -0.1) is 0 Å². The van der Waals surface area contributed by atoms with E-state index in [1.165, 1.54) is 17.5 Å². The van der Waals surface area contributed by atoms with Crippen molar-refractivity contribution in [3.8, 4) is 0 Å². The number of anilines is 1. The van der Waals surface area contributed by atoms with Crippen LogP contribution < -0.4 is 4.90 Å². The largest absolute Gasteiger partial charge is 0.275 e. The summed E-state index contributed by atoms with van der Waals surface area (Å²) in [6, 6.07) is 18.7. The van der Waals surface area contributed by atoms with Crippen LogP contribution in [0.3, 0.4) is 0 Å². The molecule has 1 aromatic heterocycles. The smallest absolute Gasteiger partial charge is 0.231 e. The van der Waals surface area contributed by atoms with E-state index >= 15 is 0 Å². The van der Waals surface area contributed by atoms with E-state index in [2.05, 4.69) is 53.4 Å². The number of carbonyl (C=O) groups is 1. The number of rotatable bonds is 2. The van der Waals surface area contributed by atoms with Gasteiger partial charge in [0.25, 0.3) is 0 Å². The molecule has 0 spiro atoms. The second-order valence-electron chi connectivity index (χ2n) is 6.48. The van der Waals surface area contributed by atoms with Crippen LogP contribution in [-0.2, 0) is 4.79 Å². The maximum atomic E-state index is 12.4. The Kier molecular flexibility index (Phi) is 3.84. The number of nitrogens with zero attached hydrogens (tertiary/aromatic N) is 4. The van der Waals surface area contributed by atoms with Gasteiger partial charge in [-0.25, -0.2) is 4.68 Å². The Morgan fingerprint density at radius 3 is 2.36 bits per heavy atom. The van der Waals surface area contributed by atoms with Crippen molar-refractivity contribution in [1.29, 1.82) is 0 Å².